The van der Waals surface area contributed by atoms with Crippen LogP contribution in [-0.2, 0) is 4.74 Å². The molecule has 0 aliphatic heterocycles. The minimum absolute atomic E-state index is 0.848. The molecular weight excluding hydrogens is 208 g/mol. The van der Waals surface area contributed by atoms with Crippen LogP contribution in [0.2, 0.25) is 0 Å². The van der Waals surface area contributed by atoms with Crippen LogP contribution in [0.3, 0.4) is 0 Å². The molecule has 102 valence electrons. The van der Waals surface area contributed by atoms with Crippen LogP contribution in [0.5, 0.6) is 0 Å². The largest absolute Gasteiger partial charge is 0.502 e. The van der Waals surface area contributed by atoms with Crippen molar-refractivity contribution in [2.75, 3.05) is 6.61 Å². The number of rotatable bonds is 14. The summed E-state index contributed by atoms with van der Waals surface area (Å²) in [6.45, 7) is 6.66. The van der Waals surface area contributed by atoms with E-state index in [-0.39, 0.29) is 0 Å². The topological polar surface area (TPSA) is 9.23 Å². The van der Waals surface area contributed by atoms with E-state index in [2.05, 4.69) is 13.5 Å². The highest BCUT2D eigenvalue weighted by Crippen LogP contribution is 2.11. The van der Waals surface area contributed by atoms with Gasteiger partial charge in [-0.1, -0.05) is 84.1 Å². The van der Waals surface area contributed by atoms with Gasteiger partial charge in [0.25, 0.3) is 0 Å². The molecule has 0 aliphatic rings. The summed E-state index contributed by atoms with van der Waals surface area (Å²) in [5.41, 5.74) is 0. The van der Waals surface area contributed by atoms with Crippen LogP contribution in [0, 0.1) is 0 Å². The molecule has 0 aromatic heterocycles. The van der Waals surface area contributed by atoms with Crippen LogP contribution >= 0.6 is 0 Å². The van der Waals surface area contributed by atoms with Gasteiger partial charge in [0.2, 0.25) is 0 Å². The van der Waals surface area contributed by atoms with E-state index >= 15 is 0 Å². The third kappa shape index (κ3) is 15.5. The molecule has 1 nitrogen and oxygen atoms in total. The highest BCUT2D eigenvalue weighted by atomic mass is 16.5. The monoisotopic (exact) mass is 240 g/mol. The summed E-state index contributed by atoms with van der Waals surface area (Å²) in [7, 11) is 0. The first kappa shape index (κ1) is 16.5. The molecule has 0 aromatic carbocycles. The average Bonchev–Trinajstić information content (AvgIpc) is 2.35. The number of hydrogen-bond donors (Lipinski definition) is 0. The molecule has 0 atom stereocenters. The maximum absolute atomic E-state index is 5.09. The highest BCUT2D eigenvalue weighted by molar-refractivity contribution is 4.51. The van der Waals surface area contributed by atoms with Gasteiger partial charge in [-0.25, -0.2) is 0 Å². The first-order valence-electron chi connectivity index (χ1n) is 7.64. The molecule has 0 saturated heterocycles. The van der Waals surface area contributed by atoms with Crippen molar-refractivity contribution in [2.24, 2.45) is 0 Å². The van der Waals surface area contributed by atoms with Crippen LogP contribution < -0.4 is 0 Å². The molecule has 0 aliphatic carbocycles. The van der Waals surface area contributed by atoms with Gasteiger partial charge in [-0.3, -0.25) is 0 Å². The van der Waals surface area contributed by atoms with Crippen molar-refractivity contribution in [3.8, 4) is 0 Å². The molecule has 1 heteroatoms. The van der Waals surface area contributed by atoms with Crippen molar-refractivity contribution in [1.29, 1.82) is 0 Å². The van der Waals surface area contributed by atoms with Gasteiger partial charge in [-0.15, -0.1) is 0 Å². The van der Waals surface area contributed by atoms with Crippen molar-refractivity contribution >= 4 is 0 Å². The van der Waals surface area contributed by atoms with E-state index in [1.54, 1.807) is 6.26 Å². The molecule has 0 heterocycles. The number of unbranched alkanes of at least 4 members (excludes halogenated alkanes) is 11. The minimum Gasteiger partial charge on any atom is -0.502 e. The quantitative estimate of drug-likeness (QED) is 0.273. The fraction of sp³-hybridized carbons (Fsp3) is 0.875. The van der Waals surface area contributed by atoms with Crippen molar-refractivity contribution < 1.29 is 4.74 Å². The zero-order valence-electron chi connectivity index (χ0n) is 11.9. The predicted octanol–water partition coefficient (Wildman–Crippen LogP) is 5.85. The van der Waals surface area contributed by atoms with Gasteiger partial charge < -0.3 is 4.74 Å². The second-order valence-corrected chi connectivity index (χ2v) is 4.93. The standard InChI is InChI=1S/C16H32O/c1-3-5-6-7-8-9-10-11-12-13-14-15-16-17-4-2/h4H,2-3,5-16H2,1H3. The Hall–Kier alpha value is -0.460. The lowest BCUT2D eigenvalue weighted by molar-refractivity contribution is 0.241. The Morgan fingerprint density at radius 3 is 1.53 bits per heavy atom. The minimum atomic E-state index is 0.848. The van der Waals surface area contributed by atoms with Crippen molar-refractivity contribution in [3.63, 3.8) is 0 Å². The van der Waals surface area contributed by atoms with Gasteiger partial charge in [0, 0.05) is 0 Å². The van der Waals surface area contributed by atoms with E-state index in [0.717, 1.165) is 6.61 Å². The van der Waals surface area contributed by atoms with Crippen molar-refractivity contribution in [1.82, 2.24) is 0 Å². The first-order chi connectivity index (χ1) is 8.41. The summed E-state index contributed by atoms with van der Waals surface area (Å²) in [6.07, 6.45) is 18.3. The molecule has 0 N–H and O–H groups in total. The Labute approximate surface area is 109 Å². The summed E-state index contributed by atoms with van der Waals surface area (Å²) in [5, 5.41) is 0. The van der Waals surface area contributed by atoms with Crippen LogP contribution in [0.4, 0.5) is 0 Å². The first-order valence-corrected chi connectivity index (χ1v) is 7.64. The summed E-state index contributed by atoms with van der Waals surface area (Å²) < 4.78 is 5.09. The fourth-order valence-corrected chi connectivity index (χ4v) is 2.11. The molecule has 0 radical (unpaired) electrons. The predicted molar refractivity (Wildman–Crippen MR) is 77.2 cm³/mol. The second kappa shape index (κ2) is 15.5. The van der Waals surface area contributed by atoms with Gasteiger partial charge in [0.15, 0.2) is 0 Å². The summed E-state index contributed by atoms with van der Waals surface area (Å²) in [4.78, 5) is 0. The molecule has 0 spiro atoms. The molecule has 0 bridgehead atoms. The number of hydrogen-bond acceptors (Lipinski definition) is 1. The van der Waals surface area contributed by atoms with Crippen LogP contribution in [0.25, 0.3) is 0 Å². The average molecular weight is 240 g/mol. The zero-order valence-corrected chi connectivity index (χ0v) is 11.9. The lowest BCUT2D eigenvalue weighted by Gasteiger charge is -2.02. The van der Waals surface area contributed by atoms with Crippen molar-refractivity contribution in [2.45, 2.75) is 84.0 Å². The van der Waals surface area contributed by atoms with Crippen LogP contribution in [0.15, 0.2) is 12.8 Å². The zero-order chi connectivity index (χ0) is 12.6. The molecule has 0 rings (SSSR count). The maximum Gasteiger partial charge on any atom is 0.0873 e. The van der Waals surface area contributed by atoms with Gasteiger partial charge >= 0.3 is 0 Å². The van der Waals surface area contributed by atoms with Gasteiger partial charge in [-0.2, -0.15) is 0 Å². The Morgan fingerprint density at radius 2 is 1.12 bits per heavy atom. The summed E-state index contributed by atoms with van der Waals surface area (Å²) in [6, 6.07) is 0. The van der Waals surface area contributed by atoms with E-state index in [4.69, 9.17) is 4.74 Å². The molecule has 0 amide bonds. The number of ether oxygens (including phenoxy) is 1. The third-order valence-corrected chi connectivity index (χ3v) is 3.23. The van der Waals surface area contributed by atoms with E-state index in [1.807, 2.05) is 0 Å². The Morgan fingerprint density at radius 1 is 0.706 bits per heavy atom. The Bertz CT molecular complexity index is 142. The lowest BCUT2D eigenvalue weighted by atomic mass is 10.1. The van der Waals surface area contributed by atoms with Crippen molar-refractivity contribution in [3.05, 3.63) is 12.8 Å². The molecule has 0 saturated carbocycles. The molecular formula is C16H32O. The van der Waals surface area contributed by atoms with Crippen LogP contribution in [-0.4, -0.2) is 6.61 Å². The maximum atomic E-state index is 5.09. The van der Waals surface area contributed by atoms with Gasteiger partial charge in [0.05, 0.1) is 12.9 Å². The Kier molecular flexibility index (Phi) is 15.1. The molecule has 0 unspecified atom stereocenters. The smallest absolute Gasteiger partial charge is 0.0873 e. The third-order valence-electron chi connectivity index (χ3n) is 3.23. The fourth-order valence-electron chi connectivity index (χ4n) is 2.11. The van der Waals surface area contributed by atoms with Crippen LogP contribution in [0.1, 0.15) is 84.0 Å². The lowest BCUT2D eigenvalue weighted by Crippen LogP contribution is -1.87. The summed E-state index contributed by atoms with van der Waals surface area (Å²) in [5.74, 6) is 0. The van der Waals surface area contributed by atoms with Gasteiger partial charge in [-0.05, 0) is 6.42 Å². The summed E-state index contributed by atoms with van der Waals surface area (Å²) >= 11 is 0. The molecule has 17 heavy (non-hydrogen) atoms. The normalized spacial score (nSPS) is 10.4. The van der Waals surface area contributed by atoms with E-state index in [1.165, 1.54) is 77.0 Å². The van der Waals surface area contributed by atoms with Gasteiger partial charge in [0.1, 0.15) is 0 Å². The molecule has 0 aromatic rings. The SMILES string of the molecule is C=COCCCCCCCCCCCCCC. The molecule has 0 fully saturated rings. The highest BCUT2D eigenvalue weighted by Gasteiger charge is 1.93. The second-order valence-electron chi connectivity index (χ2n) is 4.93. The van der Waals surface area contributed by atoms with E-state index in [9.17, 15) is 0 Å². The van der Waals surface area contributed by atoms with E-state index < -0.39 is 0 Å². The Balaban J connectivity index is 2.87. The van der Waals surface area contributed by atoms with E-state index in [0.29, 0.717) is 0 Å².